The van der Waals surface area contributed by atoms with Gasteiger partial charge in [-0.1, -0.05) is 0 Å². The smallest absolute Gasteiger partial charge is 0.238 e. The van der Waals surface area contributed by atoms with E-state index in [1.165, 1.54) is 18.2 Å². The molecule has 0 spiro atoms. The quantitative estimate of drug-likeness (QED) is 0.694. The molecule has 0 fully saturated rings. The van der Waals surface area contributed by atoms with Gasteiger partial charge >= 0.3 is 0 Å². The van der Waals surface area contributed by atoms with E-state index < -0.39 is 10.0 Å². The molecule has 1 unspecified atom stereocenters. The van der Waals surface area contributed by atoms with Crippen LogP contribution in [0.25, 0.3) is 11.0 Å². The molecule has 0 saturated heterocycles. The molecule has 1 heterocycles. The summed E-state index contributed by atoms with van der Waals surface area (Å²) in [5, 5.41) is 18.6. The second-order valence-electron chi connectivity index (χ2n) is 6.18. The number of furan rings is 1. The summed E-state index contributed by atoms with van der Waals surface area (Å²) in [6.45, 7) is 3.85. The minimum Gasteiger partial charge on any atom is -0.497 e. The van der Waals surface area contributed by atoms with E-state index in [1.807, 2.05) is 38.1 Å². The second kappa shape index (κ2) is 6.95. The minimum absolute atomic E-state index is 0.107. The van der Waals surface area contributed by atoms with E-state index in [-0.39, 0.29) is 16.5 Å². The van der Waals surface area contributed by atoms with Crippen LogP contribution in [-0.4, -0.2) is 15.5 Å². The zero-order valence-corrected chi connectivity index (χ0v) is 15.9. The van der Waals surface area contributed by atoms with Gasteiger partial charge in [0.25, 0.3) is 0 Å². The molecule has 0 saturated carbocycles. The summed E-state index contributed by atoms with van der Waals surface area (Å²) in [7, 11) is -2.27. The number of anilines is 1. The Balaban J connectivity index is 1.96. The molecule has 0 bridgehead atoms. The number of rotatable bonds is 5. The molecule has 0 aliphatic carbocycles. The molecule has 1 aromatic heterocycles. The summed E-state index contributed by atoms with van der Waals surface area (Å²) in [4.78, 5) is -0.107. The van der Waals surface area contributed by atoms with Crippen molar-refractivity contribution in [1.82, 2.24) is 0 Å². The Kier molecular flexibility index (Phi) is 4.83. The average molecular weight is 385 g/mol. The number of fused-ring (bicyclic) bond motifs is 1. The molecule has 0 radical (unpaired) electrons. The number of ether oxygens (including phenoxy) is 1. The van der Waals surface area contributed by atoms with Gasteiger partial charge in [-0.25, -0.2) is 13.6 Å². The van der Waals surface area contributed by atoms with Crippen LogP contribution in [-0.2, 0) is 10.0 Å². The third-order valence-corrected chi connectivity index (χ3v) is 5.30. The molecule has 2 aromatic carbocycles. The lowest BCUT2D eigenvalue weighted by Gasteiger charge is -2.15. The number of hydrogen-bond acceptors (Lipinski definition) is 6. The third kappa shape index (κ3) is 3.60. The first-order valence-corrected chi connectivity index (χ1v) is 9.69. The van der Waals surface area contributed by atoms with Crippen LogP contribution in [0.5, 0.6) is 5.75 Å². The maximum absolute atomic E-state index is 11.5. The van der Waals surface area contributed by atoms with E-state index in [0.717, 1.165) is 28.0 Å². The first-order valence-electron chi connectivity index (χ1n) is 8.15. The van der Waals surface area contributed by atoms with Crippen LogP contribution in [0.4, 0.5) is 5.69 Å². The lowest BCUT2D eigenvalue weighted by molar-refractivity contribution is 0.415. The normalized spacial score (nSPS) is 12.6. The summed E-state index contributed by atoms with van der Waals surface area (Å²) in [6.07, 6.45) is 0. The van der Waals surface area contributed by atoms with E-state index in [9.17, 15) is 13.7 Å². The van der Waals surface area contributed by atoms with Crippen LogP contribution in [0.3, 0.4) is 0 Å². The first-order chi connectivity index (χ1) is 12.7. The Morgan fingerprint density at radius 3 is 2.63 bits per heavy atom. The van der Waals surface area contributed by atoms with Gasteiger partial charge in [0.2, 0.25) is 10.0 Å². The van der Waals surface area contributed by atoms with Gasteiger partial charge in [0.05, 0.1) is 29.3 Å². The Hall–Kier alpha value is -3.02. The lowest BCUT2D eigenvalue weighted by Crippen LogP contribution is -2.13. The van der Waals surface area contributed by atoms with Gasteiger partial charge in [-0.2, -0.15) is 5.26 Å². The van der Waals surface area contributed by atoms with Crippen LogP contribution in [0, 0.1) is 18.3 Å². The van der Waals surface area contributed by atoms with Crippen molar-refractivity contribution in [3.8, 4) is 11.8 Å². The van der Waals surface area contributed by atoms with Gasteiger partial charge in [-0.15, -0.1) is 0 Å². The second-order valence-corrected chi connectivity index (χ2v) is 7.75. The van der Waals surface area contributed by atoms with Crippen molar-refractivity contribution in [2.45, 2.75) is 24.8 Å². The molecule has 7 nitrogen and oxygen atoms in total. The highest BCUT2D eigenvalue weighted by molar-refractivity contribution is 7.89. The van der Waals surface area contributed by atoms with Crippen molar-refractivity contribution >= 4 is 26.7 Å². The van der Waals surface area contributed by atoms with E-state index in [4.69, 9.17) is 14.3 Å². The maximum Gasteiger partial charge on any atom is 0.238 e. The zero-order chi connectivity index (χ0) is 19.8. The number of hydrogen-bond donors (Lipinski definition) is 2. The highest BCUT2D eigenvalue weighted by Crippen LogP contribution is 2.33. The van der Waals surface area contributed by atoms with Gasteiger partial charge < -0.3 is 14.5 Å². The van der Waals surface area contributed by atoms with Crippen molar-refractivity contribution in [2.75, 3.05) is 12.4 Å². The number of nitrogens with zero attached hydrogens (tertiary/aromatic N) is 1. The molecule has 3 rings (SSSR count). The summed E-state index contributed by atoms with van der Waals surface area (Å²) >= 11 is 0. The van der Waals surface area contributed by atoms with Gasteiger partial charge in [0.1, 0.15) is 23.2 Å². The number of nitrogens with one attached hydrogen (secondary N) is 1. The van der Waals surface area contributed by atoms with Gasteiger partial charge in [0.15, 0.2) is 0 Å². The average Bonchev–Trinajstić information content (AvgIpc) is 2.97. The predicted octanol–water partition coefficient (Wildman–Crippen LogP) is 3.44. The van der Waals surface area contributed by atoms with E-state index in [0.29, 0.717) is 5.69 Å². The number of aryl methyl sites for hydroxylation is 1. The fraction of sp³-hybridized carbons (Fsp3) is 0.211. The fourth-order valence-electron chi connectivity index (χ4n) is 2.98. The molecule has 27 heavy (non-hydrogen) atoms. The molecule has 1 atom stereocenters. The number of sulfonamides is 1. The number of benzene rings is 2. The SMILES string of the molecule is COc1ccc2oc(C(C)Nc3ccc(S(N)(=O)=O)cc3C#N)c(C)c2c1. The standard InChI is InChI=1S/C19H19N3O4S/c1-11-16-9-14(25-3)4-7-18(16)26-19(11)12(2)22-17-6-5-15(27(21,23)24)8-13(17)10-20/h4-9,12,22H,1-3H3,(H2,21,23,24). The van der Waals surface area contributed by atoms with Gasteiger partial charge in [-0.05, 0) is 50.2 Å². The largest absolute Gasteiger partial charge is 0.497 e. The Bertz CT molecular complexity index is 1160. The fourth-order valence-corrected chi connectivity index (χ4v) is 3.52. The topological polar surface area (TPSA) is 118 Å². The van der Waals surface area contributed by atoms with Crippen molar-refractivity contribution in [3.63, 3.8) is 0 Å². The van der Waals surface area contributed by atoms with Crippen molar-refractivity contribution < 1.29 is 17.6 Å². The summed E-state index contributed by atoms with van der Waals surface area (Å²) in [5.74, 6) is 1.46. The van der Waals surface area contributed by atoms with Crippen molar-refractivity contribution in [1.29, 1.82) is 5.26 Å². The van der Waals surface area contributed by atoms with Crippen molar-refractivity contribution in [2.24, 2.45) is 5.14 Å². The molecule has 3 aromatic rings. The summed E-state index contributed by atoms with van der Waals surface area (Å²) in [6, 6.07) is 11.5. The molecule has 0 amide bonds. The van der Waals surface area contributed by atoms with Crippen LogP contribution >= 0.6 is 0 Å². The van der Waals surface area contributed by atoms with E-state index >= 15 is 0 Å². The Morgan fingerprint density at radius 1 is 1.26 bits per heavy atom. The molecule has 8 heteroatoms. The number of methoxy groups -OCH3 is 1. The summed E-state index contributed by atoms with van der Waals surface area (Å²) < 4.78 is 34.2. The zero-order valence-electron chi connectivity index (χ0n) is 15.1. The molecule has 3 N–H and O–H groups in total. The van der Waals surface area contributed by atoms with Crippen LogP contribution in [0.2, 0.25) is 0 Å². The molecule has 0 aliphatic heterocycles. The Morgan fingerprint density at radius 2 is 2.00 bits per heavy atom. The van der Waals surface area contributed by atoms with Crippen LogP contribution < -0.4 is 15.2 Å². The van der Waals surface area contributed by atoms with Crippen LogP contribution in [0.1, 0.15) is 29.9 Å². The molecule has 0 aliphatic rings. The van der Waals surface area contributed by atoms with E-state index in [1.54, 1.807) is 7.11 Å². The van der Waals surface area contributed by atoms with Crippen molar-refractivity contribution in [3.05, 3.63) is 53.3 Å². The number of nitrogens with two attached hydrogens (primary N) is 1. The van der Waals surface area contributed by atoms with Crippen LogP contribution in [0.15, 0.2) is 45.7 Å². The number of nitriles is 1. The van der Waals surface area contributed by atoms with Gasteiger partial charge in [0, 0.05) is 10.9 Å². The van der Waals surface area contributed by atoms with E-state index in [2.05, 4.69) is 5.32 Å². The Labute approximate surface area is 157 Å². The highest BCUT2D eigenvalue weighted by Gasteiger charge is 2.19. The third-order valence-electron chi connectivity index (χ3n) is 4.39. The molecular weight excluding hydrogens is 366 g/mol. The summed E-state index contributed by atoms with van der Waals surface area (Å²) in [5.41, 5.74) is 2.38. The first kappa shape index (κ1) is 18.8. The molecular formula is C19H19N3O4S. The minimum atomic E-state index is -3.87. The number of primary sulfonamides is 1. The predicted molar refractivity (Wildman–Crippen MR) is 102 cm³/mol. The lowest BCUT2D eigenvalue weighted by atomic mass is 10.1. The van der Waals surface area contributed by atoms with Gasteiger partial charge in [-0.3, -0.25) is 0 Å². The maximum atomic E-state index is 11.5. The monoisotopic (exact) mass is 385 g/mol. The molecule has 140 valence electrons. The highest BCUT2D eigenvalue weighted by atomic mass is 32.2.